The Labute approximate surface area is 93.8 Å². The van der Waals surface area contributed by atoms with Gasteiger partial charge in [0.25, 0.3) is 0 Å². The van der Waals surface area contributed by atoms with Crippen molar-refractivity contribution in [1.82, 2.24) is 4.98 Å². The molecule has 2 aromatic rings. The highest BCUT2D eigenvalue weighted by molar-refractivity contribution is 5.63. The zero-order valence-corrected chi connectivity index (χ0v) is 8.72. The van der Waals surface area contributed by atoms with E-state index in [2.05, 4.69) is 10.3 Å². The van der Waals surface area contributed by atoms with E-state index in [1.807, 2.05) is 12.1 Å². The maximum absolute atomic E-state index is 9.34. The molecule has 0 radical (unpaired) electrons. The lowest BCUT2D eigenvalue weighted by Gasteiger charge is -2.10. The molecule has 0 saturated carbocycles. The van der Waals surface area contributed by atoms with E-state index in [9.17, 15) is 5.11 Å². The van der Waals surface area contributed by atoms with Crippen molar-refractivity contribution < 1.29 is 5.11 Å². The number of pyridine rings is 1. The minimum absolute atomic E-state index is 0.230. The molecular weight excluding hydrogens is 202 g/mol. The number of nitrogens with one attached hydrogen (secondary N) is 1. The van der Waals surface area contributed by atoms with Gasteiger partial charge in [-0.1, -0.05) is 6.07 Å². The normalized spacial score (nSPS) is 10.1. The minimum atomic E-state index is 0.230. The third-order valence-corrected chi connectivity index (χ3v) is 2.25. The van der Waals surface area contributed by atoms with Gasteiger partial charge in [0.05, 0.1) is 0 Å². The average molecular weight is 215 g/mol. The molecule has 0 aliphatic rings. The van der Waals surface area contributed by atoms with Crippen LogP contribution in [0.3, 0.4) is 0 Å². The summed E-state index contributed by atoms with van der Waals surface area (Å²) < 4.78 is 0. The Morgan fingerprint density at radius 3 is 2.94 bits per heavy atom. The molecule has 0 bridgehead atoms. The van der Waals surface area contributed by atoms with Crippen molar-refractivity contribution in [3.8, 4) is 5.75 Å². The predicted molar refractivity (Wildman–Crippen MR) is 63.5 cm³/mol. The summed E-state index contributed by atoms with van der Waals surface area (Å²) in [7, 11) is 0. The minimum Gasteiger partial charge on any atom is -0.508 e. The highest BCUT2D eigenvalue weighted by Crippen LogP contribution is 2.22. The summed E-state index contributed by atoms with van der Waals surface area (Å²) in [5.74, 6) is 0.230. The van der Waals surface area contributed by atoms with Crippen LogP contribution in [0.1, 0.15) is 5.56 Å². The molecule has 1 aromatic carbocycles. The number of aromatic hydroxyl groups is 1. The van der Waals surface area contributed by atoms with Crippen molar-refractivity contribution in [2.24, 2.45) is 5.73 Å². The first kappa shape index (κ1) is 10.4. The van der Waals surface area contributed by atoms with Gasteiger partial charge in [-0.3, -0.25) is 4.98 Å². The number of nitrogens with zero attached hydrogens (tertiary/aromatic N) is 1. The quantitative estimate of drug-likeness (QED) is 0.732. The summed E-state index contributed by atoms with van der Waals surface area (Å²) >= 11 is 0. The van der Waals surface area contributed by atoms with Gasteiger partial charge in [0, 0.05) is 41.9 Å². The average Bonchev–Trinajstić information content (AvgIpc) is 2.30. The summed E-state index contributed by atoms with van der Waals surface area (Å²) in [6.07, 6.45) is 3.43. The van der Waals surface area contributed by atoms with Gasteiger partial charge in [-0.25, -0.2) is 0 Å². The van der Waals surface area contributed by atoms with E-state index in [4.69, 9.17) is 5.73 Å². The first-order chi connectivity index (χ1) is 7.79. The fourth-order valence-corrected chi connectivity index (χ4v) is 1.45. The Morgan fingerprint density at radius 2 is 2.19 bits per heavy atom. The van der Waals surface area contributed by atoms with Crippen LogP contribution in [0.5, 0.6) is 5.75 Å². The van der Waals surface area contributed by atoms with Crippen LogP contribution in [-0.4, -0.2) is 10.1 Å². The van der Waals surface area contributed by atoms with Crippen LogP contribution in [-0.2, 0) is 6.54 Å². The van der Waals surface area contributed by atoms with Gasteiger partial charge in [0.1, 0.15) is 5.75 Å². The number of aromatic nitrogens is 1. The summed E-state index contributed by atoms with van der Waals surface area (Å²) in [4.78, 5) is 4.01. The lowest BCUT2D eigenvalue weighted by atomic mass is 10.2. The number of rotatable bonds is 3. The number of anilines is 2. The molecule has 0 fully saturated rings. The van der Waals surface area contributed by atoms with Gasteiger partial charge in [-0.05, 0) is 18.2 Å². The van der Waals surface area contributed by atoms with Gasteiger partial charge >= 0.3 is 0 Å². The standard InChI is InChI=1S/C12H13N3O/c13-7-9-8-14-5-4-12(9)15-10-2-1-3-11(16)6-10/h1-6,8,16H,7,13H2,(H,14,15). The van der Waals surface area contributed by atoms with Crippen molar-refractivity contribution in [3.05, 3.63) is 48.3 Å². The van der Waals surface area contributed by atoms with Crippen molar-refractivity contribution in [1.29, 1.82) is 0 Å². The van der Waals surface area contributed by atoms with E-state index in [0.717, 1.165) is 16.9 Å². The Morgan fingerprint density at radius 1 is 1.31 bits per heavy atom. The van der Waals surface area contributed by atoms with E-state index in [0.29, 0.717) is 6.54 Å². The molecule has 0 unspecified atom stereocenters. The van der Waals surface area contributed by atoms with E-state index >= 15 is 0 Å². The highest BCUT2D eigenvalue weighted by atomic mass is 16.3. The fraction of sp³-hybridized carbons (Fsp3) is 0.0833. The molecule has 4 N–H and O–H groups in total. The summed E-state index contributed by atoms with van der Waals surface area (Å²) in [6.45, 7) is 0.426. The van der Waals surface area contributed by atoms with E-state index in [-0.39, 0.29) is 5.75 Å². The van der Waals surface area contributed by atoms with Crippen molar-refractivity contribution >= 4 is 11.4 Å². The molecule has 1 heterocycles. The third-order valence-electron chi connectivity index (χ3n) is 2.25. The number of hydrogen-bond donors (Lipinski definition) is 3. The topological polar surface area (TPSA) is 71.2 Å². The largest absolute Gasteiger partial charge is 0.508 e. The number of phenolic OH excluding ortho intramolecular Hbond substituents is 1. The summed E-state index contributed by atoms with van der Waals surface area (Å²) in [5.41, 5.74) is 8.27. The van der Waals surface area contributed by atoms with Crippen molar-refractivity contribution in [3.63, 3.8) is 0 Å². The van der Waals surface area contributed by atoms with Crippen LogP contribution in [0.25, 0.3) is 0 Å². The first-order valence-electron chi connectivity index (χ1n) is 4.98. The van der Waals surface area contributed by atoms with E-state index in [1.165, 1.54) is 0 Å². The lowest BCUT2D eigenvalue weighted by Crippen LogP contribution is -2.02. The first-order valence-corrected chi connectivity index (χ1v) is 4.98. The van der Waals surface area contributed by atoms with Gasteiger partial charge < -0.3 is 16.2 Å². The van der Waals surface area contributed by atoms with Crippen LogP contribution in [0.4, 0.5) is 11.4 Å². The number of benzene rings is 1. The molecule has 2 rings (SSSR count). The van der Waals surface area contributed by atoms with Crippen LogP contribution in [0.15, 0.2) is 42.7 Å². The van der Waals surface area contributed by atoms with Gasteiger partial charge in [-0.2, -0.15) is 0 Å². The molecule has 4 nitrogen and oxygen atoms in total. The van der Waals surface area contributed by atoms with Gasteiger partial charge in [-0.15, -0.1) is 0 Å². The second-order valence-electron chi connectivity index (χ2n) is 3.41. The molecule has 4 heteroatoms. The third kappa shape index (κ3) is 2.29. The monoisotopic (exact) mass is 215 g/mol. The summed E-state index contributed by atoms with van der Waals surface area (Å²) in [6, 6.07) is 8.79. The van der Waals surface area contributed by atoms with Crippen molar-refractivity contribution in [2.45, 2.75) is 6.54 Å². The van der Waals surface area contributed by atoms with Crippen LogP contribution < -0.4 is 11.1 Å². The molecule has 0 amide bonds. The SMILES string of the molecule is NCc1cnccc1Nc1cccc(O)c1. The van der Waals surface area contributed by atoms with E-state index < -0.39 is 0 Å². The zero-order valence-electron chi connectivity index (χ0n) is 8.72. The number of phenols is 1. The Bertz CT molecular complexity index is 485. The molecular formula is C12H13N3O. The number of hydrogen-bond acceptors (Lipinski definition) is 4. The molecule has 16 heavy (non-hydrogen) atoms. The molecule has 0 spiro atoms. The van der Waals surface area contributed by atoms with Gasteiger partial charge in [0.15, 0.2) is 0 Å². The summed E-state index contributed by atoms with van der Waals surface area (Å²) in [5, 5.41) is 12.5. The molecule has 82 valence electrons. The number of nitrogens with two attached hydrogens (primary N) is 1. The van der Waals surface area contributed by atoms with Crippen LogP contribution >= 0.6 is 0 Å². The zero-order chi connectivity index (χ0) is 11.4. The smallest absolute Gasteiger partial charge is 0.117 e. The van der Waals surface area contributed by atoms with Crippen LogP contribution in [0, 0.1) is 0 Å². The van der Waals surface area contributed by atoms with E-state index in [1.54, 1.807) is 30.6 Å². The highest BCUT2D eigenvalue weighted by Gasteiger charge is 2.01. The van der Waals surface area contributed by atoms with Crippen molar-refractivity contribution in [2.75, 3.05) is 5.32 Å². The molecule has 0 aliphatic heterocycles. The van der Waals surface area contributed by atoms with Crippen LogP contribution in [0.2, 0.25) is 0 Å². The lowest BCUT2D eigenvalue weighted by molar-refractivity contribution is 0.475. The maximum atomic E-state index is 9.34. The Kier molecular flexibility index (Phi) is 3.03. The molecule has 0 saturated heterocycles. The molecule has 0 atom stereocenters. The fourth-order valence-electron chi connectivity index (χ4n) is 1.45. The Balaban J connectivity index is 2.26. The molecule has 1 aromatic heterocycles. The molecule has 0 aliphatic carbocycles. The maximum Gasteiger partial charge on any atom is 0.117 e. The second-order valence-corrected chi connectivity index (χ2v) is 3.41. The van der Waals surface area contributed by atoms with Gasteiger partial charge in [0.2, 0.25) is 0 Å². The predicted octanol–water partition coefficient (Wildman–Crippen LogP) is 1.99. The second kappa shape index (κ2) is 4.63. The Hall–Kier alpha value is -2.07.